The van der Waals surface area contributed by atoms with Crippen LogP contribution in [0.2, 0.25) is 0 Å². The van der Waals surface area contributed by atoms with Gasteiger partial charge in [0.25, 0.3) is 0 Å². The second-order valence-electron chi connectivity index (χ2n) is 9.34. The molecule has 196 valence electrons. The maximum absolute atomic E-state index is 13.8. The topological polar surface area (TPSA) is 127 Å². The summed E-state index contributed by atoms with van der Waals surface area (Å²) in [5, 5.41) is 12.7. The van der Waals surface area contributed by atoms with Gasteiger partial charge in [-0.1, -0.05) is 59.6 Å². The highest BCUT2D eigenvalue weighted by molar-refractivity contribution is 7.89. The van der Waals surface area contributed by atoms with Crippen LogP contribution in [0.4, 0.5) is 5.95 Å². The van der Waals surface area contributed by atoms with E-state index >= 15 is 0 Å². The number of sulfonamides is 1. The Bertz CT molecular complexity index is 1630. The molecule has 0 aliphatic carbocycles. The predicted molar refractivity (Wildman–Crippen MR) is 142 cm³/mol. The van der Waals surface area contributed by atoms with Crippen molar-refractivity contribution in [3.63, 3.8) is 0 Å². The number of nitrogens with zero attached hydrogens (tertiary/aromatic N) is 4. The van der Waals surface area contributed by atoms with Crippen molar-refractivity contribution in [1.29, 1.82) is 0 Å². The number of carbonyl (C=O) groups is 1. The number of rotatable bonds is 8. The normalized spacial score (nSPS) is 14.3. The minimum atomic E-state index is -4.12. The van der Waals surface area contributed by atoms with Crippen molar-refractivity contribution in [2.45, 2.75) is 43.8 Å². The van der Waals surface area contributed by atoms with Gasteiger partial charge in [0.2, 0.25) is 15.9 Å². The Kier molecular flexibility index (Phi) is 6.96. The Morgan fingerprint density at radius 3 is 2.55 bits per heavy atom. The van der Waals surface area contributed by atoms with Crippen molar-refractivity contribution in [2.24, 2.45) is 0 Å². The Morgan fingerprint density at radius 1 is 1.08 bits per heavy atom. The first kappa shape index (κ1) is 25.6. The number of nitrogens with one attached hydrogen (secondary N) is 1. The van der Waals surface area contributed by atoms with Crippen molar-refractivity contribution < 1.29 is 18.1 Å². The van der Waals surface area contributed by atoms with E-state index in [1.807, 2.05) is 43.3 Å². The minimum absolute atomic E-state index is 0.0111. The van der Waals surface area contributed by atoms with Gasteiger partial charge in [0.1, 0.15) is 18.4 Å². The number of aromatic nitrogens is 2. The van der Waals surface area contributed by atoms with Gasteiger partial charge in [-0.2, -0.15) is 4.72 Å². The largest absolute Gasteiger partial charge is 0.434 e. The maximum atomic E-state index is 13.8. The zero-order chi connectivity index (χ0) is 26.9. The molecule has 1 aliphatic heterocycles. The number of hydrogen-bond acceptors (Lipinski definition) is 6. The molecule has 3 aromatic carbocycles. The van der Waals surface area contributed by atoms with Gasteiger partial charge in [0.05, 0.1) is 11.4 Å². The summed E-state index contributed by atoms with van der Waals surface area (Å²) >= 11 is 0. The molecule has 0 radical (unpaired) electrons. The van der Waals surface area contributed by atoms with Gasteiger partial charge in [-0.15, -0.1) is 0 Å². The summed E-state index contributed by atoms with van der Waals surface area (Å²) < 4.78 is 31.3. The molecular weight excluding hydrogens is 506 g/mol. The van der Waals surface area contributed by atoms with Crippen LogP contribution in [0, 0.1) is 17.0 Å². The summed E-state index contributed by atoms with van der Waals surface area (Å²) in [5.41, 5.74) is 3.11. The van der Waals surface area contributed by atoms with E-state index in [1.54, 1.807) is 29.2 Å². The highest BCUT2D eigenvalue weighted by Gasteiger charge is 2.32. The Hall–Kier alpha value is -4.09. The molecule has 1 atom stereocenters. The summed E-state index contributed by atoms with van der Waals surface area (Å²) in [6.07, 6.45) is 3.42. The van der Waals surface area contributed by atoms with Gasteiger partial charge in [-0.25, -0.2) is 13.0 Å². The molecule has 0 saturated heterocycles. The third-order valence-corrected chi connectivity index (χ3v) is 8.47. The molecule has 0 saturated carbocycles. The molecule has 1 aliphatic rings. The van der Waals surface area contributed by atoms with Crippen LogP contribution < -0.4 is 4.72 Å². The number of benzene rings is 3. The number of imidazole rings is 1. The van der Waals surface area contributed by atoms with Crippen molar-refractivity contribution in [1.82, 2.24) is 19.2 Å². The molecule has 1 N–H and O–H groups in total. The molecule has 5 rings (SSSR count). The van der Waals surface area contributed by atoms with E-state index in [2.05, 4.69) is 9.71 Å². The molecule has 1 aromatic heterocycles. The van der Waals surface area contributed by atoms with Crippen LogP contribution in [0.5, 0.6) is 0 Å². The average molecular weight is 534 g/mol. The molecule has 38 heavy (non-hydrogen) atoms. The van der Waals surface area contributed by atoms with Crippen molar-refractivity contribution in [3.8, 4) is 0 Å². The van der Waals surface area contributed by atoms with Gasteiger partial charge < -0.3 is 15.0 Å². The van der Waals surface area contributed by atoms with Gasteiger partial charge in [0, 0.05) is 24.9 Å². The lowest BCUT2D eigenvalue weighted by Gasteiger charge is -2.32. The monoisotopic (exact) mass is 533 g/mol. The molecule has 1 amide bonds. The number of amides is 1. The third kappa shape index (κ3) is 5.02. The lowest BCUT2D eigenvalue weighted by atomic mass is 9.99. The number of hydrogen-bond donors (Lipinski definition) is 1. The fraction of sp³-hybridized carbons (Fsp3) is 0.259. The fourth-order valence-electron chi connectivity index (χ4n) is 4.96. The van der Waals surface area contributed by atoms with Crippen molar-refractivity contribution in [3.05, 3.63) is 99.9 Å². The number of carbonyl (C=O) groups excluding carboxylic acids is 1. The van der Waals surface area contributed by atoms with E-state index in [4.69, 9.17) is 0 Å². The van der Waals surface area contributed by atoms with Gasteiger partial charge in [-0.05, 0) is 46.4 Å². The Morgan fingerprint density at radius 2 is 1.79 bits per heavy atom. The summed E-state index contributed by atoms with van der Waals surface area (Å²) in [7, 11) is -4.12. The predicted octanol–water partition coefficient (Wildman–Crippen LogP) is 3.58. The highest BCUT2D eigenvalue weighted by atomic mass is 32.2. The van der Waals surface area contributed by atoms with E-state index in [-0.39, 0.29) is 29.7 Å². The van der Waals surface area contributed by atoms with Crippen LogP contribution in [0.1, 0.15) is 23.1 Å². The molecule has 0 bridgehead atoms. The lowest BCUT2D eigenvalue weighted by Crippen LogP contribution is -2.50. The van der Waals surface area contributed by atoms with E-state index in [0.29, 0.717) is 24.9 Å². The first-order chi connectivity index (χ1) is 18.2. The summed E-state index contributed by atoms with van der Waals surface area (Å²) in [5.74, 6) is -0.738. The molecule has 1 unspecified atom stereocenters. The van der Waals surface area contributed by atoms with Gasteiger partial charge in [0.15, 0.2) is 0 Å². The Labute approximate surface area is 220 Å². The highest BCUT2D eigenvalue weighted by Crippen LogP contribution is 2.27. The second-order valence-corrected chi connectivity index (χ2v) is 11.0. The second kappa shape index (κ2) is 10.3. The van der Waals surface area contributed by atoms with E-state index in [0.717, 1.165) is 22.1 Å². The van der Waals surface area contributed by atoms with Crippen molar-refractivity contribution in [2.75, 3.05) is 6.54 Å². The molecule has 2 heterocycles. The molecule has 0 spiro atoms. The Balaban J connectivity index is 1.46. The number of aryl methyl sites for hydroxylation is 2. The fourth-order valence-corrected chi connectivity index (χ4v) is 6.40. The zero-order valence-corrected chi connectivity index (χ0v) is 21.6. The molecular formula is C27H27N5O5S. The standard InChI is InChI=1S/C27H27N5O5S/c1-19-10-11-25(23-9-5-4-8-22(19)23)38(36,37)29-24(13-16-30-17-14-28-27(30)32(34)35)26(33)31-15-12-20-6-2-3-7-21(20)18-31/h2-11,14,17,24,29H,12-13,15-16,18H2,1H3. The van der Waals surface area contributed by atoms with E-state index in [9.17, 15) is 23.3 Å². The van der Waals surface area contributed by atoms with E-state index < -0.39 is 21.0 Å². The number of nitro groups is 1. The van der Waals surface area contributed by atoms with Gasteiger partial charge >= 0.3 is 5.95 Å². The van der Waals surface area contributed by atoms with Crippen LogP contribution >= 0.6 is 0 Å². The summed E-state index contributed by atoms with van der Waals surface area (Å²) in [6.45, 7) is 2.76. The first-order valence-corrected chi connectivity index (χ1v) is 13.7. The molecule has 0 fully saturated rings. The maximum Gasteiger partial charge on any atom is 0.434 e. The van der Waals surface area contributed by atoms with Crippen LogP contribution in [-0.4, -0.2) is 46.3 Å². The quantitative estimate of drug-likeness (QED) is 0.272. The number of fused-ring (bicyclic) bond motifs is 2. The van der Waals surface area contributed by atoms with Crippen LogP contribution in [0.15, 0.2) is 78.0 Å². The summed E-state index contributed by atoms with van der Waals surface area (Å²) in [6, 6.07) is 17.2. The van der Waals surface area contributed by atoms with E-state index in [1.165, 1.54) is 17.0 Å². The summed E-state index contributed by atoms with van der Waals surface area (Å²) in [4.78, 5) is 29.9. The van der Waals surface area contributed by atoms with Crippen LogP contribution in [0.25, 0.3) is 10.8 Å². The smallest absolute Gasteiger partial charge is 0.390 e. The van der Waals surface area contributed by atoms with Gasteiger partial charge in [-0.3, -0.25) is 4.79 Å². The molecule has 10 nitrogen and oxygen atoms in total. The zero-order valence-electron chi connectivity index (χ0n) is 20.8. The van der Waals surface area contributed by atoms with Crippen molar-refractivity contribution >= 4 is 32.7 Å². The lowest BCUT2D eigenvalue weighted by molar-refractivity contribution is -0.396. The van der Waals surface area contributed by atoms with Crippen LogP contribution in [0.3, 0.4) is 0 Å². The van der Waals surface area contributed by atoms with Crippen LogP contribution in [-0.2, 0) is 34.3 Å². The molecule has 4 aromatic rings. The first-order valence-electron chi connectivity index (χ1n) is 12.3. The SMILES string of the molecule is Cc1ccc(S(=O)(=O)NC(CCn2ccnc2[N+](=O)[O-])C(=O)N2CCc3ccccc3C2)c2ccccc12. The minimum Gasteiger partial charge on any atom is -0.390 e. The average Bonchev–Trinajstić information content (AvgIpc) is 3.40. The molecule has 11 heteroatoms. The third-order valence-electron chi connectivity index (χ3n) is 6.94.